The first-order valence-corrected chi connectivity index (χ1v) is 5.29. The number of rotatable bonds is 2. The number of carbonyl (C=O) groups excluding carboxylic acids is 1. The smallest absolute Gasteiger partial charge is 0.255 e. The summed E-state index contributed by atoms with van der Waals surface area (Å²) in [7, 11) is 0. The summed E-state index contributed by atoms with van der Waals surface area (Å²) < 4.78 is 13.0. The van der Waals surface area contributed by atoms with E-state index < -0.39 is 5.82 Å². The summed E-state index contributed by atoms with van der Waals surface area (Å²) in [6, 6.07) is 13.1. The van der Waals surface area contributed by atoms with Crippen LogP contribution in [0.4, 0.5) is 10.1 Å². The van der Waals surface area contributed by atoms with E-state index in [9.17, 15) is 9.18 Å². The van der Waals surface area contributed by atoms with E-state index >= 15 is 0 Å². The molecule has 2 aromatic carbocycles. The molecule has 0 fully saturated rings. The topological polar surface area (TPSA) is 29.1 Å². The highest BCUT2D eigenvalue weighted by Crippen LogP contribution is 2.14. The molecule has 0 spiro atoms. The molecule has 17 heavy (non-hydrogen) atoms. The van der Waals surface area contributed by atoms with Gasteiger partial charge in [0.15, 0.2) is 0 Å². The third-order valence-corrected chi connectivity index (χ3v) is 2.48. The lowest BCUT2D eigenvalue weighted by atomic mass is 10.1. The van der Waals surface area contributed by atoms with Crippen molar-refractivity contribution >= 4 is 11.6 Å². The third kappa shape index (κ3) is 2.69. The van der Waals surface area contributed by atoms with Crippen LogP contribution in [0.25, 0.3) is 0 Å². The first-order valence-electron chi connectivity index (χ1n) is 5.29. The molecule has 86 valence electrons. The van der Waals surface area contributed by atoms with Crippen molar-refractivity contribution in [3.63, 3.8) is 0 Å². The Morgan fingerprint density at radius 3 is 2.59 bits per heavy atom. The summed E-state index contributed by atoms with van der Waals surface area (Å²) in [5.41, 5.74) is 2.02. The Bertz CT molecular complexity index is 551. The minimum atomic E-state index is -0.414. The predicted octanol–water partition coefficient (Wildman–Crippen LogP) is 3.39. The van der Waals surface area contributed by atoms with Gasteiger partial charge in [0.05, 0.1) is 0 Å². The number of halogens is 1. The third-order valence-electron chi connectivity index (χ3n) is 2.48. The van der Waals surface area contributed by atoms with E-state index in [4.69, 9.17) is 0 Å². The fraction of sp³-hybridized carbons (Fsp3) is 0.0714. The molecule has 1 N–H and O–H groups in total. The van der Waals surface area contributed by atoms with Crippen LogP contribution >= 0.6 is 0 Å². The summed E-state index contributed by atoms with van der Waals surface area (Å²) in [6.07, 6.45) is 0. The molecule has 0 aliphatic carbocycles. The molecule has 3 heteroatoms. The number of hydrogen-bond acceptors (Lipinski definition) is 1. The minimum Gasteiger partial charge on any atom is -0.322 e. The van der Waals surface area contributed by atoms with Gasteiger partial charge in [0, 0.05) is 11.3 Å². The highest BCUT2D eigenvalue weighted by molar-refractivity contribution is 6.04. The molecule has 0 radical (unpaired) electrons. The maximum atomic E-state index is 13.0. The Hall–Kier alpha value is -2.16. The van der Waals surface area contributed by atoms with E-state index in [2.05, 4.69) is 5.32 Å². The number of amides is 1. The molecular formula is C14H12FNO. The number of hydrogen-bond donors (Lipinski definition) is 1. The standard InChI is InChI=1S/C14H12FNO/c1-10-5-2-3-8-13(10)16-14(17)11-6-4-7-12(15)9-11/h2-9H,1H3,(H,16,17). The molecule has 2 aromatic rings. The molecule has 0 heterocycles. The molecule has 0 aliphatic heterocycles. The normalized spacial score (nSPS) is 10.0. The van der Waals surface area contributed by atoms with Gasteiger partial charge < -0.3 is 5.32 Å². The van der Waals surface area contributed by atoms with E-state index in [0.717, 1.165) is 11.3 Å². The molecule has 0 unspecified atom stereocenters. The van der Waals surface area contributed by atoms with Crippen LogP contribution in [0.15, 0.2) is 48.5 Å². The average molecular weight is 229 g/mol. The summed E-state index contributed by atoms with van der Waals surface area (Å²) in [5.74, 6) is -0.721. The maximum absolute atomic E-state index is 13.0. The Labute approximate surface area is 99.1 Å². The highest BCUT2D eigenvalue weighted by atomic mass is 19.1. The van der Waals surface area contributed by atoms with Crippen molar-refractivity contribution in [3.8, 4) is 0 Å². The SMILES string of the molecule is Cc1ccccc1NC(=O)c1cccc(F)c1. The molecule has 0 atom stereocenters. The average Bonchev–Trinajstić information content (AvgIpc) is 2.32. The van der Waals surface area contributed by atoms with Gasteiger partial charge in [-0.25, -0.2) is 4.39 Å². The molecule has 0 bridgehead atoms. The Kier molecular flexibility index (Phi) is 3.19. The molecule has 2 nitrogen and oxygen atoms in total. The lowest BCUT2D eigenvalue weighted by molar-refractivity contribution is 0.102. The van der Waals surface area contributed by atoms with Gasteiger partial charge in [-0.05, 0) is 36.8 Å². The predicted molar refractivity (Wildman–Crippen MR) is 65.5 cm³/mol. The zero-order chi connectivity index (χ0) is 12.3. The van der Waals surface area contributed by atoms with Gasteiger partial charge in [-0.3, -0.25) is 4.79 Å². The second-order valence-electron chi connectivity index (χ2n) is 3.78. The van der Waals surface area contributed by atoms with Gasteiger partial charge in [0.25, 0.3) is 5.91 Å². The number of benzene rings is 2. The van der Waals surface area contributed by atoms with Crippen molar-refractivity contribution in [1.82, 2.24) is 0 Å². The van der Waals surface area contributed by atoms with Crippen LogP contribution in [0.3, 0.4) is 0 Å². The number of anilines is 1. The lowest BCUT2D eigenvalue weighted by Crippen LogP contribution is -2.12. The maximum Gasteiger partial charge on any atom is 0.255 e. The van der Waals surface area contributed by atoms with Crippen molar-refractivity contribution < 1.29 is 9.18 Å². The molecule has 2 rings (SSSR count). The van der Waals surface area contributed by atoms with Gasteiger partial charge in [-0.2, -0.15) is 0 Å². The monoisotopic (exact) mass is 229 g/mol. The fourth-order valence-electron chi connectivity index (χ4n) is 1.54. The van der Waals surface area contributed by atoms with Crippen LogP contribution in [-0.2, 0) is 0 Å². The Morgan fingerprint density at radius 2 is 1.88 bits per heavy atom. The van der Waals surface area contributed by atoms with Crippen LogP contribution in [0, 0.1) is 12.7 Å². The van der Waals surface area contributed by atoms with Crippen LogP contribution in [0.1, 0.15) is 15.9 Å². The van der Waals surface area contributed by atoms with Crippen molar-refractivity contribution in [2.24, 2.45) is 0 Å². The van der Waals surface area contributed by atoms with Crippen molar-refractivity contribution in [2.75, 3.05) is 5.32 Å². The minimum absolute atomic E-state index is 0.307. The molecule has 0 saturated carbocycles. The molecule has 0 aromatic heterocycles. The quantitative estimate of drug-likeness (QED) is 0.840. The Morgan fingerprint density at radius 1 is 1.12 bits per heavy atom. The van der Waals surface area contributed by atoms with Gasteiger partial charge in [-0.1, -0.05) is 24.3 Å². The van der Waals surface area contributed by atoms with E-state index in [1.807, 2.05) is 31.2 Å². The zero-order valence-corrected chi connectivity index (χ0v) is 9.41. The van der Waals surface area contributed by atoms with Crippen molar-refractivity contribution in [2.45, 2.75) is 6.92 Å². The van der Waals surface area contributed by atoms with E-state index in [1.54, 1.807) is 6.07 Å². The van der Waals surface area contributed by atoms with Gasteiger partial charge >= 0.3 is 0 Å². The van der Waals surface area contributed by atoms with Crippen LogP contribution in [0.5, 0.6) is 0 Å². The van der Waals surface area contributed by atoms with E-state index in [-0.39, 0.29) is 5.91 Å². The van der Waals surface area contributed by atoms with Gasteiger partial charge in [0.1, 0.15) is 5.82 Å². The van der Waals surface area contributed by atoms with E-state index in [1.165, 1.54) is 18.2 Å². The summed E-state index contributed by atoms with van der Waals surface area (Å²) in [4.78, 5) is 11.8. The second-order valence-corrected chi connectivity index (χ2v) is 3.78. The lowest BCUT2D eigenvalue weighted by Gasteiger charge is -2.07. The number of para-hydroxylation sites is 1. The van der Waals surface area contributed by atoms with Crippen LogP contribution in [0.2, 0.25) is 0 Å². The zero-order valence-electron chi connectivity index (χ0n) is 9.41. The van der Waals surface area contributed by atoms with Crippen molar-refractivity contribution in [1.29, 1.82) is 0 Å². The van der Waals surface area contributed by atoms with Gasteiger partial charge in [0.2, 0.25) is 0 Å². The number of carbonyl (C=O) groups is 1. The first kappa shape index (κ1) is 11.3. The molecular weight excluding hydrogens is 217 g/mol. The summed E-state index contributed by atoms with van der Waals surface area (Å²) in [5, 5.41) is 2.75. The second kappa shape index (κ2) is 4.78. The molecule has 0 aliphatic rings. The van der Waals surface area contributed by atoms with Crippen molar-refractivity contribution in [3.05, 3.63) is 65.5 Å². The number of nitrogens with one attached hydrogen (secondary N) is 1. The molecule has 0 saturated heterocycles. The molecule has 1 amide bonds. The van der Waals surface area contributed by atoms with Crippen LogP contribution < -0.4 is 5.32 Å². The first-order chi connectivity index (χ1) is 8.16. The van der Waals surface area contributed by atoms with Gasteiger partial charge in [-0.15, -0.1) is 0 Å². The largest absolute Gasteiger partial charge is 0.322 e. The van der Waals surface area contributed by atoms with Crippen LogP contribution in [-0.4, -0.2) is 5.91 Å². The summed E-state index contributed by atoms with van der Waals surface area (Å²) >= 11 is 0. The Balaban J connectivity index is 2.20. The summed E-state index contributed by atoms with van der Waals surface area (Å²) in [6.45, 7) is 1.90. The van der Waals surface area contributed by atoms with E-state index in [0.29, 0.717) is 5.56 Å². The fourth-order valence-corrected chi connectivity index (χ4v) is 1.54. The number of aryl methyl sites for hydroxylation is 1. The highest BCUT2D eigenvalue weighted by Gasteiger charge is 2.07.